The molecule has 1 unspecified atom stereocenters. The summed E-state index contributed by atoms with van der Waals surface area (Å²) in [4.78, 5) is 14.6. The second-order valence-corrected chi connectivity index (χ2v) is 5.95. The van der Waals surface area contributed by atoms with Gasteiger partial charge in [-0.1, -0.05) is 32.6 Å². The monoisotopic (exact) mass is 237 g/mol. The van der Waals surface area contributed by atoms with E-state index in [0.29, 0.717) is 11.7 Å². The minimum Gasteiger partial charge on any atom is -0.298 e. The molecule has 0 spiro atoms. The van der Waals surface area contributed by atoms with E-state index in [1.807, 2.05) is 0 Å². The molecule has 98 valence electrons. The van der Waals surface area contributed by atoms with E-state index < -0.39 is 0 Å². The fourth-order valence-electron chi connectivity index (χ4n) is 3.40. The van der Waals surface area contributed by atoms with Crippen LogP contribution in [0.5, 0.6) is 0 Å². The summed E-state index contributed by atoms with van der Waals surface area (Å²) in [6, 6.07) is 0. The quantitative estimate of drug-likeness (QED) is 0.748. The third-order valence-electron chi connectivity index (χ3n) is 4.62. The van der Waals surface area contributed by atoms with E-state index in [2.05, 4.69) is 11.8 Å². The number of Topliss-reactive ketones (excluding diaryl/α,β-unsaturated/α-hetero) is 1. The lowest BCUT2D eigenvalue weighted by atomic mass is 9.85. The summed E-state index contributed by atoms with van der Waals surface area (Å²) in [5.74, 6) is 1.76. The van der Waals surface area contributed by atoms with E-state index in [1.54, 1.807) is 0 Å². The fraction of sp³-hybridized carbons (Fsp3) is 0.933. The summed E-state index contributed by atoms with van der Waals surface area (Å²) in [6.07, 6.45) is 10.1. The van der Waals surface area contributed by atoms with Crippen molar-refractivity contribution < 1.29 is 4.79 Å². The summed E-state index contributed by atoms with van der Waals surface area (Å²) >= 11 is 0. The maximum absolute atomic E-state index is 12.2. The molecule has 0 bridgehead atoms. The predicted octanol–water partition coefficient (Wildman–Crippen LogP) is 3.26. The van der Waals surface area contributed by atoms with Crippen LogP contribution in [0.3, 0.4) is 0 Å². The number of carbonyl (C=O) groups excluding carboxylic acids is 1. The Bertz CT molecular complexity index is 245. The number of piperidine rings is 1. The highest BCUT2D eigenvalue weighted by Crippen LogP contribution is 2.25. The SMILES string of the molecule is CCC1CCCN(CC(=O)C2CCCCC2)C1. The van der Waals surface area contributed by atoms with Crippen LogP contribution in [-0.2, 0) is 4.79 Å². The molecular weight excluding hydrogens is 210 g/mol. The Kier molecular flexibility index (Phi) is 5.02. The van der Waals surface area contributed by atoms with Gasteiger partial charge in [0.1, 0.15) is 5.78 Å². The number of hydrogen-bond donors (Lipinski definition) is 0. The number of ketones is 1. The zero-order valence-corrected chi connectivity index (χ0v) is 11.3. The molecule has 2 rings (SSSR count). The van der Waals surface area contributed by atoms with Crippen molar-refractivity contribution in [1.82, 2.24) is 4.90 Å². The van der Waals surface area contributed by atoms with Gasteiger partial charge in [0.15, 0.2) is 0 Å². The number of carbonyl (C=O) groups is 1. The fourth-order valence-corrected chi connectivity index (χ4v) is 3.40. The van der Waals surface area contributed by atoms with Gasteiger partial charge < -0.3 is 0 Å². The molecule has 1 saturated heterocycles. The van der Waals surface area contributed by atoms with Crippen LogP contribution in [0.25, 0.3) is 0 Å². The Labute approximate surface area is 106 Å². The maximum atomic E-state index is 12.2. The van der Waals surface area contributed by atoms with Gasteiger partial charge >= 0.3 is 0 Å². The van der Waals surface area contributed by atoms with E-state index in [1.165, 1.54) is 38.5 Å². The molecule has 1 heterocycles. The highest BCUT2D eigenvalue weighted by molar-refractivity contribution is 5.83. The van der Waals surface area contributed by atoms with E-state index in [9.17, 15) is 4.79 Å². The molecule has 2 nitrogen and oxygen atoms in total. The molecular formula is C15H27NO. The van der Waals surface area contributed by atoms with Crippen LogP contribution in [0.4, 0.5) is 0 Å². The Morgan fingerprint density at radius 1 is 1.12 bits per heavy atom. The zero-order chi connectivity index (χ0) is 12.1. The standard InChI is InChI=1S/C15H27NO/c1-2-13-7-6-10-16(11-13)12-15(17)14-8-4-3-5-9-14/h13-14H,2-12H2,1H3. The molecule has 2 heteroatoms. The van der Waals surface area contributed by atoms with E-state index in [0.717, 1.165) is 38.4 Å². The first-order chi connectivity index (χ1) is 8.29. The molecule has 0 aromatic carbocycles. The molecule has 2 fully saturated rings. The third kappa shape index (κ3) is 3.80. The van der Waals surface area contributed by atoms with E-state index in [4.69, 9.17) is 0 Å². The second-order valence-electron chi connectivity index (χ2n) is 5.95. The van der Waals surface area contributed by atoms with Gasteiger partial charge in [-0.05, 0) is 38.1 Å². The summed E-state index contributed by atoms with van der Waals surface area (Å²) in [5.41, 5.74) is 0. The van der Waals surface area contributed by atoms with Gasteiger partial charge in [0, 0.05) is 12.5 Å². The zero-order valence-electron chi connectivity index (χ0n) is 11.3. The first-order valence-electron chi connectivity index (χ1n) is 7.54. The summed E-state index contributed by atoms with van der Waals surface area (Å²) in [5, 5.41) is 0. The lowest BCUT2D eigenvalue weighted by Gasteiger charge is -2.33. The highest BCUT2D eigenvalue weighted by atomic mass is 16.1. The Balaban J connectivity index is 1.77. The molecule has 0 radical (unpaired) electrons. The normalized spacial score (nSPS) is 28.2. The van der Waals surface area contributed by atoms with Crippen LogP contribution in [0, 0.1) is 11.8 Å². The maximum Gasteiger partial charge on any atom is 0.149 e. The molecule has 17 heavy (non-hydrogen) atoms. The summed E-state index contributed by atoms with van der Waals surface area (Å²) in [6.45, 7) is 5.32. The minimum absolute atomic E-state index is 0.394. The predicted molar refractivity (Wildman–Crippen MR) is 71.0 cm³/mol. The minimum atomic E-state index is 0.394. The van der Waals surface area contributed by atoms with Gasteiger partial charge in [-0.15, -0.1) is 0 Å². The third-order valence-corrected chi connectivity index (χ3v) is 4.62. The topological polar surface area (TPSA) is 20.3 Å². The summed E-state index contributed by atoms with van der Waals surface area (Å²) < 4.78 is 0. The molecule has 1 atom stereocenters. The van der Waals surface area contributed by atoms with Crippen LogP contribution in [0.1, 0.15) is 58.3 Å². The molecule has 2 aliphatic rings. The molecule has 1 aliphatic carbocycles. The molecule has 0 aromatic rings. The van der Waals surface area contributed by atoms with Crippen molar-refractivity contribution in [1.29, 1.82) is 0 Å². The van der Waals surface area contributed by atoms with Crippen LogP contribution in [0.2, 0.25) is 0 Å². The Hall–Kier alpha value is -0.370. The van der Waals surface area contributed by atoms with Gasteiger partial charge in [0.2, 0.25) is 0 Å². The Morgan fingerprint density at radius 2 is 1.88 bits per heavy atom. The van der Waals surface area contributed by atoms with Crippen LogP contribution >= 0.6 is 0 Å². The van der Waals surface area contributed by atoms with Crippen molar-refractivity contribution in [3.05, 3.63) is 0 Å². The number of nitrogens with zero attached hydrogens (tertiary/aromatic N) is 1. The van der Waals surface area contributed by atoms with Crippen LogP contribution in [-0.4, -0.2) is 30.3 Å². The molecule has 0 amide bonds. The van der Waals surface area contributed by atoms with Crippen LogP contribution in [0.15, 0.2) is 0 Å². The summed E-state index contributed by atoms with van der Waals surface area (Å²) in [7, 11) is 0. The van der Waals surface area contributed by atoms with Gasteiger partial charge in [-0.3, -0.25) is 9.69 Å². The Morgan fingerprint density at radius 3 is 2.59 bits per heavy atom. The molecule has 0 aromatic heterocycles. The van der Waals surface area contributed by atoms with Gasteiger partial charge in [0.05, 0.1) is 6.54 Å². The van der Waals surface area contributed by atoms with Crippen molar-refractivity contribution in [3.8, 4) is 0 Å². The smallest absolute Gasteiger partial charge is 0.149 e. The van der Waals surface area contributed by atoms with Gasteiger partial charge in [-0.2, -0.15) is 0 Å². The first kappa shape index (κ1) is 13.1. The number of hydrogen-bond acceptors (Lipinski definition) is 2. The molecule has 0 N–H and O–H groups in total. The van der Waals surface area contributed by atoms with Crippen LogP contribution < -0.4 is 0 Å². The largest absolute Gasteiger partial charge is 0.298 e. The molecule has 1 saturated carbocycles. The van der Waals surface area contributed by atoms with Crippen molar-refractivity contribution >= 4 is 5.78 Å². The number of rotatable bonds is 4. The van der Waals surface area contributed by atoms with Gasteiger partial charge in [0.25, 0.3) is 0 Å². The average molecular weight is 237 g/mol. The van der Waals surface area contributed by atoms with Crippen molar-refractivity contribution in [2.45, 2.75) is 58.3 Å². The highest BCUT2D eigenvalue weighted by Gasteiger charge is 2.25. The van der Waals surface area contributed by atoms with Crippen molar-refractivity contribution in [2.75, 3.05) is 19.6 Å². The molecule has 1 aliphatic heterocycles. The van der Waals surface area contributed by atoms with Crippen molar-refractivity contribution in [2.24, 2.45) is 11.8 Å². The number of likely N-dealkylation sites (tertiary alicyclic amines) is 1. The average Bonchev–Trinajstić information content (AvgIpc) is 2.40. The second kappa shape index (κ2) is 6.53. The lowest BCUT2D eigenvalue weighted by molar-refractivity contribution is -0.125. The van der Waals surface area contributed by atoms with Crippen molar-refractivity contribution in [3.63, 3.8) is 0 Å². The lowest BCUT2D eigenvalue weighted by Crippen LogP contribution is -2.40. The van der Waals surface area contributed by atoms with E-state index >= 15 is 0 Å². The van der Waals surface area contributed by atoms with E-state index in [-0.39, 0.29) is 0 Å². The van der Waals surface area contributed by atoms with Gasteiger partial charge in [-0.25, -0.2) is 0 Å². The first-order valence-corrected chi connectivity index (χ1v) is 7.54.